The lowest BCUT2D eigenvalue weighted by atomic mass is 10.2. The van der Waals surface area contributed by atoms with Crippen molar-refractivity contribution in [3.05, 3.63) is 93.6 Å². The van der Waals surface area contributed by atoms with Crippen LogP contribution in [0.15, 0.2) is 70.0 Å². The van der Waals surface area contributed by atoms with Gasteiger partial charge in [-0.05, 0) is 43.7 Å². The first-order valence-corrected chi connectivity index (χ1v) is 9.09. The Balaban J connectivity index is 1.56. The monoisotopic (exact) mass is 389 g/mol. The van der Waals surface area contributed by atoms with Gasteiger partial charge in [-0.1, -0.05) is 24.3 Å². The summed E-state index contributed by atoms with van der Waals surface area (Å²) in [6.07, 6.45) is 0. The molecule has 0 fully saturated rings. The zero-order chi connectivity index (χ0) is 20.4. The summed E-state index contributed by atoms with van der Waals surface area (Å²) in [5.74, 6) is 0.864. The number of rotatable bonds is 5. The van der Waals surface area contributed by atoms with Gasteiger partial charge >= 0.3 is 0 Å². The van der Waals surface area contributed by atoms with Crippen LogP contribution in [0.4, 0.5) is 5.69 Å². The molecule has 0 atom stereocenters. The van der Waals surface area contributed by atoms with Crippen LogP contribution in [0, 0.1) is 13.8 Å². The number of aryl methyl sites for hydroxylation is 2. The molecule has 7 nitrogen and oxygen atoms in total. The number of hydrogen-bond donors (Lipinski definition) is 1. The first-order valence-electron chi connectivity index (χ1n) is 9.09. The van der Waals surface area contributed by atoms with E-state index >= 15 is 0 Å². The molecule has 0 aliphatic heterocycles. The quantitative estimate of drug-likeness (QED) is 0.562. The molecule has 0 saturated carbocycles. The third-order valence-electron chi connectivity index (χ3n) is 4.32. The lowest BCUT2D eigenvalue weighted by molar-refractivity contribution is 0.102. The fraction of sp³-hybridized carbons (Fsp3) is 0.136. The fourth-order valence-corrected chi connectivity index (χ4v) is 2.94. The van der Waals surface area contributed by atoms with Crippen LogP contribution in [-0.4, -0.2) is 15.5 Å². The maximum Gasteiger partial charge on any atom is 0.287 e. The molecule has 29 heavy (non-hydrogen) atoms. The summed E-state index contributed by atoms with van der Waals surface area (Å²) in [6, 6.07) is 17.5. The maximum absolute atomic E-state index is 12.5. The van der Waals surface area contributed by atoms with Gasteiger partial charge in [-0.2, -0.15) is 0 Å². The van der Waals surface area contributed by atoms with Crippen LogP contribution in [-0.2, 0) is 6.61 Å². The number of carbonyl (C=O) groups is 1. The minimum Gasteiger partial charge on any atom is -0.485 e. The van der Waals surface area contributed by atoms with Gasteiger partial charge in [-0.15, -0.1) is 4.57 Å². The molecule has 4 rings (SSSR count). The molecule has 0 spiro atoms. The first kappa shape index (κ1) is 18.5. The highest BCUT2D eigenvalue weighted by atomic mass is 16.5. The molecule has 1 N–H and O–H groups in total. The molecule has 0 saturated heterocycles. The second kappa shape index (κ2) is 7.63. The number of amides is 1. The third-order valence-corrected chi connectivity index (χ3v) is 4.32. The molecule has 7 heteroatoms. The summed E-state index contributed by atoms with van der Waals surface area (Å²) in [4.78, 5) is 29.0. The van der Waals surface area contributed by atoms with Crippen LogP contribution in [0.2, 0.25) is 0 Å². The van der Waals surface area contributed by atoms with Crippen molar-refractivity contribution in [2.75, 3.05) is 5.32 Å². The predicted octanol–water partition coefficient (Wildman–Crippen LogP) is 3.74. The second-order valence-electron chi connectivity index (χ2n) is 6.69. The zero-order valence-electron chi connectivity index (χ0n) is 16.0. The Labute approximate surface area is 166 Å². The molecule has 0 unspecified atom stereocenters. The van der Waals surface area contributed by atoms with Crippen LogP contribution >= 0.6 is 0 Å². The first-order chi connectivity index (χ1) is 14.0. The Morgan fingerprint density at radius 1 is 1.10 bits per heavy atom. The third kappa shape index (κ3) is 4.03. The van der Waals surface area contributed by atoms with Gasteiger partial charge in [0, 0.05) is 17.7 Å². The van der Waals surface area contributed by atoms with E-state index in [-0.39, 0.29) is 18.1 Å². The largest absolute Gasteiger partial charge is 0.485 e. The van der Waals surface area contributed by atoms with Crippen molar-refractivity contribution in [3.8, 4) is 5.75 Å². The van der Waals surface area contributed by atoms with E-state index in [4.69, 9.17) is 9.26 Å². The van der Waals surface area contributed by atoms with Crippen molar-refractivity contribution in [2.24, 2.45) is 0 Å². The Kier molecular flexibility index (Phi) is 4.87. The van der Waals surface area contributed by atoms with Gasteiger partial charge in [0.2, 0.25) is 0 Å². The van der Waals surface area contributed by atoms with Crippen LogP contribution < -0.4 is 15.6 Å². The second-order valence-corrected chi connectivity index (χ2v) is 6.69. The van der Waals surface area contributed by atoms with Crippen LogP contribution in [0.5, 0.6) is 5.75 Å². The minimum atomic E-state index is -0.316. The van der Waals surface area contributed by atoms with E-state index in [1.54, 1.807) is 43.3 Å². The van der Waals surface area contributed by atoms with Crippen molar-refractivity contribution in [1.82, 2.24) is 9.56 Å². The normalized spacial score (nSPS) is 10.8. The number of aromatic nitrogens is 2. The number of hydrogen-bond acceptors (Lipinski definition) is 5. The molecule has 0 aliphatic rings. The number of benzene rings is 2. The number of anilines is 1. The number of nitrogens with one attached hydrogen (secondary N) is 1. The molecule has 0 aliphatic carbocycles. The lowest BCUT2D eigenvalue weighted by Crippen LogP contribution is -2.15. The highest BCUT2D eigenvalue weighted by Gasteiger charge is 2.12. The molecule has 1 amide bonds. The van der Waals surface area contributed by atoms with Gasteiger partial charge in [-0.3, -0.25) is 9.59 Å². The summed E-state index contributed by atoms with van der Waals surface area (Å²) >= 11 is 0. The summed E-state index contributed by atoms with van der Waals surface area (Å²) in [5.41, 5.74) is 2.65. The molecule has 2 heterocycles. The van der Waals surface area contributed by atoms with Gasteiger partial charge < -0.3 is 14.6 Å². The van der Waals surface area contributed by atoms with Crippen molar-refractivity contribution < 1.29 is 14.1 Å². The van der Waals surface area contributed by atoms with Gasteiger partial charge in [0.25, 0.3) is 11.5 Å². The Hall–Kier alpha value is -3.87. The van der Waals surface area contributed by atoms with Crippen LogP contribution in [0.25, 0.3) is 5.65 Å². The van der Waals surface area contributed by atoms with Gasteiger partial charge in [0.15, 0.2) is 5.65 Å². The van der Waals surface area contributed by atoms with Crippen molar-refractivity contribution >= 4 is 17.2 Å². The minimum absolute atomic E-state index is 0.0770. The number of fused-ring (bicyclic) bond motifs is 1. The Bertz CT molecular complexity index is 1240. The van der Waals surface area contributed by atoms with Crippen molar-refractivity contribution in [3.63, 3.8) is 0 Å². The summed E-state index contributed by atoms with van der Waals surface area (Å²) in [6.45, 7) is 3.76. The van der Waals surface area contributed by atoms with E-state index in [0.717, 1.165) is 10.1 Å². The predicted molar refractivity (Wildman–Crippen MR) is 108 cm³/mol. The number of ether oxygens (including phenoxy) is 1. The topological polar surface area (TPSA) is 85.8 Å². The van der Waals surface area contributed by atoms with E-state index < -0.39 is 0 Å². The average molecular weight is 389 g/mol. The molecule has 0 radical (unpaired) electrons. The van der Waals surface area contributed by atoms with Gasteiger partial charge in [0.1, 0.15) is 18.1 Å². The standard InChI is InChI=1S/C22H19N3O4/c1-14-8-9-18(24-22(27)16-6-4-3-5-7-16)19(10-14)28-13-17-12-21(26)25-20(23-17)11-15(2)29-25/h3-12H,13H2,1-2H3,(H,24,27). The van der Waals surface area contributed by atoms with E-state index in [1.807, 2.05) is 25.1 Å². The highest BCUT2D eigenvalue weighted by molar-refractivity contribution is 6.05. The van der Waals surface area contributed by atoms with Crippen molar-refractivity contribution in [2.45, 2.75) is 20.5 Å². The maximum atomic E-state index is 12.5. The number of nitrogens with zero attached hydrogens (tertiary/aromatic N) is 2. The molecule has 4 aromatic rings. The summed E-state index contributed by atoms with van der Waals surface area (Å²) < 4.78 is 12.3. The van der Waals surface area contributed by atoms with Gasteiger partial charge in [0.05, 0.1) is 11.4 Å². The fourth-order valence-electron chi connectivity index (χ4n) is 2.94. The van der Waals surface area contributed by atoms with Crippen LogP contribution in [0.1, 0.15) is 27.4 Å². The van der Waals surface area contributed by atoms with Crippen LogP contribution in [0.3, 0.4) is 0 Å². The molecular formula is C22H19N3O4. The lowest BCUT2D eigenvalue weighted by Gasteiger charge is -2.13. The zero-order valence-corrected chi connectivity index (χ0v) is 16.0. The Morgan fingerprint density at radius 3 is 2.69 bits per heavy atom. The number of carbonyl (C=O) groups excluding carboxylic acids is 1. The van der Waals surface area contributed by atoms with E-state index in [9.17, 15) is 9.59 Å². The highest BCUT2D eigenvalue weighted by Crippen LogP contribution is 2.27. The van der Waals surface area contributed by atoms with Crippen molar-refractivity contribution in [1.29, 1.82) is 0 Å². The Morgan fingerprint density at radius 2 is 1.90 bits per heavy atom. The SMILES string of the molecule is Cc1ccc(NC(=O)c2ccccc2)c(OCc2cc(=O)n3oc(C)cc3n2)c1. The van der Waals surface area contributed by atoms with E-state index in [1.165, 1.54) is 6.07 Å². The van der Waals surface area contributed by atoms with E-state index in [2.05, 4.69) is 10.3 Å². The molecule has 2 aromatic heterocycles. The smallest absolute Gasteiger partial charge is 0.287 e. The average Bonchev–Trinajstić information content (AvgIpc) is 3.09. The summed E-state index contributed by atoms with van der Waals surface area (Å²) in [7, 11) is 0. The molecule has 146 valence electrons. The van der Waals surface area contributed by atoms with Gasteiger partial charge in [-0.25, -0.2) is 4.98 Å². The molecule has 0 bridgehead atoms. The summed E-state index contributed by atoms with van der Waals surface area (Å²) in [5, 5.41) is 2.87. The molecular weight excluding hydrogens is 370 g/mol. The van der Waals surface area contributed by atoms with E-state index in [0.29, 0.717) is 34.1 Å². The molecule has 2 aromatic carbocycles.